The Morgan fingerprint density at radius 2 is 2.05 bits per heavy atom. The van der Waals surface area contributed by atoms with E-state index in [9.17, 15) is 9.90 Å². The van der Waals surface area contributed by atoms with E-state index in [1.54, 1.807) is 6.26 Å². The van der Waals surface area contributed by atoms with Gasteiger partial charge in [-0.15, -0.1) is 0 Å². The molecule has 19 heavy (non-hydrogen) atoms. The average Bonchev–Trinajstić information content (AvgIpc) is 2.81. The maximum absolute atomic E-state index is 11.6. The van der Waals surface area contributed by atoms with Crippen molar-refractivity contribution in [3.63, 3.8) is 0 Å². The smallest absolute Gasteiger partial charge is 0.315 e. The molecule has 5 nitrogen and oxygen atoms in total. The van der Waals surface area contributed by atoms with Crippen molar-refractivity contribution in [3.05, 3.63) is 23.7 Å². The van der Waals surface area contributed by atoms with E-state index in [2.05, 4.69) is 10.6 Å². The van der Waals surface area contributed by atoms with Gasteiger partial charge in [-0.25, -0.2) is 4.79 Å². The van der Waals surface area contributed by atoms with Crippen molar-refractivity contribution in [2.24, 2.45) is 5.92 Å². The molecule has 0 aliphatic heterocycles. The molecule has 1 atom stereocenters. The number of carbonyl (C=O) groups is 1. The number of hydrogen-bond acceptors (Lipinski definition) is 3. The van der Waals surface area contributed by atoms with Gasteiger partial charge in [-0.2, -0.15) is 0 Å². The van der Waals surface area contributed by atoms with E-state index in [0.717, 1.165) is 24.2 Å². The molecule has 0 saturated carbocycles. The Morgan fingerprint density at radius 3 is 2.58 bits per heavy atom. The molecule has 0 bridgehead atoms. The predicted octanol–water partition coefficient (Wildman–Crippen LogP) is 2.18. The minimum Gasteiger partial charge on any atom is -0.469 e. The molecule has 1 aromatic rings. The number of rotatable bonds is 7. The third-order valence-electron chi connectivity index (χ3n) is 3.47. The lowest BCUT2D eigenvalue weighted by Crippen LogP contribution is -2.41. The van der Waals surface area contributed by atoms with E-state index in [-0.39, 0.29) is 18.5 Å². The number of urea groups is 1. The van der Waals surface area contributed by atoms with Crippen molar-refractivity contribution >= 4 is 6.03 Å². The second-order valence-electron chi connectivity index (χ2n) is 4.71. The zero-order valence-corrected chi connectivity index (χ0v) is 11.9. The summed E-state index contributed by atoms with van der Waals surface area (Å²) in [5, 5.41) is 15.3. The van der Waals surface area contributed by atoms with Crippen molar-refractivity contribution in [2.45, 2.75) is 46.3 Å². The van der Waals surface area contributed by atoms with Gasteiger partial charge in [0.05, 0.1) is 12.4 Å². The van der Waals surface area contributed by atoms with Gasteiger partial charge in [0, 0.05) is 18.7 Å². The lowest BCUT2D eigenvalue weighted by atomic mass is 9.97. The van der Waals surface area contributed by atoms with Gasteiger partial charge in [-0.1, -0.05) is 26.7 Å². The van der Waals surface area contributed by atoms with Crippen molar-refractivity contribution in [1.82, 2.24) is 10.6 Å². The highest BCUT2D eigenvalue weighted by molar-refractivity contribution is 5.73. The molecular weight excluding hydrogens is 244 g/mol. The maximum Gasteiger partial charge on any atom is 0.315 e. The van der Waals surface area contributed by atoms with Crippen LogP contribution in [0.3, 0.4) is 0 Å². The third-order valence-corrected chi connectivity index (χ3v) is 3.47. The minimum atomic E-state index is -0.489. The van der Waals surface area contributed by atoms with Crippen LogP contribution in [0.15, 0.2) is 16.7 Å². The molecule has 0 aromatic carbocycles. The van der Waals surface area contributed by atoms with E-state index in [1.807, 2.05) is 26.8 Å². The van der Waals surface area contributed by atoms with Gasteiger partial charge in [0.1, 0.15) is 5.76 Å². The monoisotopic (exact) mass is 268 g/mol. The highest BCUT2D eigenvalue weighted by Gasteiger charge is 2.16. The summed E-state index contributed by atoms with van der Waals surface area (Å²) in [6, 6.07) is 1.56. The number of carbonyl (C=O) groups excluding carboxylic acids is 1. The SMILES string of the molecule is CCC(CC)[C@@H](O)CNC(=O)NCc1ccoc1C. The fraction of sp³-hybridized carbons (Fsp3) is 0.643. The molecule has 0 spiro atoms. The number of aryl methyl sites for hydroxylation is 1. The Kier molecular flexibility index (Phi) is 6.42. The van der Waals surface area contributed by atoms with Crippen molar-refractivity contribution in [2.75, 3.05) is 6.54 Å². The van der Waals surface area contributed by atoms with E-state index in [0.29, 0.717) is 6.54 Å². The first-order valence-corrected chi connectivity index (χ1v) is 6.81. The van der Waals surface area contributed by atoms with Crippen molar-refractivity contribution in [3.8, 4) is 0 Å². The Morgan fingerprint density at radius 1 is 1.37 bits per heavy atom. The molecule has 0 fully saturated rings. The van der Waals surface area contributed by atoms with Crippen LogP contribution >= 0.6 is 0 Å². The summed E-state index contributed by atoms with van der Waals surface area (Å²) in [5.41, 5.74) is 0.954. The number of nitrogens with one attached hydrogen (secondary N) is 2. The summed E-state index contributed by atoms with van der Waals surface area (Å²) in [5.74, 6) is 1.04. The highest BCUT2D eigenvalue weighted by Crippen LogP contribution is 2.12. The molecule has 0 saturated heterocycles. The van der Waals surface area contributed by atoms with Crippen LogP contribution in [0.2, 0.25) is 0 Å². The van der Waals surface area contributed by atoms with Crippen LogP contribution in [0.5, 0.6) is 0 Å². The van der Waals surface area contributed by atoms with Crippen LogP contribution in [0.1, 0.15) is 38.0 Å². The second-order valence-corrected chi connectivity index (χ2v) is 4.71. The second kappa shape index (κ2) is 7.84. The largest absolute Gasteiger partial charge is 0.469 e. The van der Waals surface area contributed by atoms with Gasteiger partial charge in [0.25, 0.3) is 0 Å². The average molecular weight is 268 g/mol. The molecule has 1 heterocycles. The quantitative estimate of drug-likeness (QED) is 0.709. The van der Waals surface area contributed by atoms with E-state index >= 15 is 0 Å². The van der Waals surface area contributed by atoms with Crippen LogP contribution in [0.25, 0.3) is 0 Å². The first-order valence-electron chi connectivity index (χ1n) is 6.81. The molecule has 0 aliphatic carbocycles. The number of amides is 2. The van der Waals surface area contributed by atoms with Gasteiger partial charge in [-0.3, -0.25) is 0 Å². The van der Waals surface area contributed by atoms with Crippen molar-refractivity contribution < 1.29 is 14.3 Å². The summed E-state index contributed by atoms with van der Waals surface area (Å²) in [6.45, 7) is 6.64. The summed E-state index contributed by atoms with van der Waals surface area (Å²) in [4.78, 5) is 11.6. The summed E-state index contributed by atoms with van der Waals surface area (Å²) in [7, 11) is 0. The first-order chi connectivity index (χ1) is 9.08. The molecule has 0 aliphatic rings. The fourth-order valence-electron chi connectivity index (χ4n) is 2.03. The summed E-state index contributed by atoms with van der Waals surface area (Å²) >= 11 is 0. The first kappa shape index (κ1) is 15.6. The number of aliphatic hydroxyl groups excluding tert-OH is 1. The zero-order chi connectivity index (χ0) is 14.3. The van der Waals surface area contributed by atoms with Crippen LogP contribution in [0, 0.1) is 12.8 Å². The van der Waals surface area contributed by atoms with Gasteiger partial charge in [-0.05, 0) is 18.9 Å². The Hall–Kier alpha value is -1.49. The third kappa shape index (κ3) is 4.95. The molecule has 2 amide bonds. The maximum atomic E-state index is 11.6. The highest BCUT2D eigenvalue weighted by atomic mass is 16.3. The van der Waals surface area contributed by atoms with Gasteiger partial charge >= 0.3 is 6.03 Å². The standard InChI is InChI=1S/C14H24N2O3/c1-4-11(5-2)13(17)9-16-14(18)15-8-12-6-7-19-10(12)3/h6-7,11,13,17H,4-5,8-9H2,1-3H3,(H2,15,16,18)/t13-/m0/s1. The molecule has 0 radical (unpaired) electrons. The Balaban J connectivity index is 2.26. The lowest BCUT2D eigenvalue weighted by molar-refractivity contribution is 0.103. The molecule has 5 heteroatoms. The minimum absolute atomic E-state index is 0.233. The van der Waals surface area contributed by atoms with Crippen LogP contribution in [-0.4, -0.2) is 23.8 Å². The normalized spacial score (nSPS) is 12.5. The zero-order valence-electron chi connectivity index (χ0n) is 11.9. The van der Waals surface area contributed by atoms with E-state index in [4.69, 9.17) is 4.42 Å². The molecule has 1 aromatic heterocycles. The van der Waals surface area contributed by atoms with Gasteiger partial charge < -0.3 is 20.2 Å². The number of furan rings is 1. The van der Waals surface area contributed by atoms with Crippen molar-refractivity contribution in [1.29, 1.82) is 0 Å². The molecular formula is C14H24N2O3. The van der Waals surface area contributed by atoms with Gasteiger partial charge in [0.2, 0.25) is 0 Å². The van der Waals surface area contributed by atoms with Crippen LogP contribution in [-0.2, 0) is 6.54 Å². The van der Waals surface area contributed by atoms with E-state index < -0.39 is 6.10 Å². The summed E-state index contributed by atoms with van der Waals surface area (Å²) in [6.07, 6.45) is 2.93. The Labute approximate surface area is 114 Å². The molecule has 1 rings (SSSR count). The van der Waals surface area contributed by atoms with Gasteiger partial charge in [0.15, 0.2) is 0 Å². The molecule has 3 N–H and O–H groups in total. The predicted molar refractivity (Wildman–Crippen MR) is 73.8 cm³/mol. The summed E-state index contributed by atoms with van der Waals surface area (Å²) < 4.78 is 5.14. The molecule has 0 unspecified atom stereocenters. The Bertz CT molecular complexity index is 386. The number of aliphatic hydroxyl groups is 1. The van der Waals surface area contributed by atoms with E-state index in [1.165, 1.54) is 0 Å². The van der Waals surface area contributed by atoms with Crippen LogP contribution in [0.4, 0.5) is 4.79 Å². The topological polar surface area (TPSA) is 74.5 Å². The lowest BCUT2D eigenvalue weighted by Gasteiger charge is -2.20. The fourth-order valence-corrected chi connectivity index (χ4v) is 2.03. The molecule has 108 valence electrons. The van der Waals surface area contributed by atoms with Crippen LogP contribution < -0.4 is 10.6 Å². The number of hydrogen-bond donors (Lipinski definition) is 3.